The van der Waals surface area contributed by atoms with Crippen LogP contribution in [0.3, 0.4) is 0 Å². The van der Waals surface area contributed by atoms with Crippen molar-refractivity contribution in [3.63, 3.8) is 0 Å². The fourth-order valence-electron chi connectivity index (χ4n) is 2.18. The average molecular weight is 285 g/mol. The van der Waals surface area contributed by atoms with Gasteiger partial charge in [-0.15, -0.1) is 0 Å². The van der Waals surface area contributed by atoms with Crippen LogP contribution in [0, 0.1) is 0 Å². The molecule has 0 amide bonds. The van der Waals surface area contributed by atoms with Crippen LogP contribution in [0.5, 0.6) is 0 Å². The first kappa shape index (κ1) is 17.4. The molecule has 0 aromatic rings. The van der Waals surface area contributed by atoms with Gasteiger partial charge < -0.3 is 15.0 Å². The number of ether oxygens (including phenoxy) is 1. The van der Waals surface area contributed by atoms with Crippen LogP contribution in [0.15, 0.2) is 0 Å². The van der Waals surface area contributed by atoms with Crippen LogP contribution >= 0.6 is 0 Å². The van der Waals surface area contributed by atoms with Gasteiger partial charge in [0.05, 0.1) is 6.61 Å². The van der Waals surface area contributed by atoms with Crippen LogP contribution in [-0.2, 0) is 9.53 Å². The Hall–Kier alpha value is -0.650. The summed E-state index contributed by atoms with van der Waals surface area (Å²) < 4.78 is 5.20. The van der Waals surface area contributed by atoms with Crippen molar-refractivity contribution < 1.29 is 9.53 Å². The number of carbonyl (C=O) groups excluding carboxylic acids is 1. The predicted octanol–water partition coefficient (Wildman–Crippen LogP) is 0.944. The highest BCUT2D eigenvalue weighted by atomic mass is 16.5. The van der Waals surface area contributed by atoms with Crippen molar-refractivity contribution in [3.05, 3.63) is 0 Å². The Morgan fingerprint density at radius 1 is 1.25 bits per heavy atom. The Kier molecular flexibility index (Phi) is 8.11. The highest BCUT2D eigenvalue weighted by Crippen LogP contribution is 2.20. The highest BCUT2D eigenvalue weighted by molar-refractivity contribution is 5.76. The summed E-state index contributed by atoms with van der Waals surface area (Å²) in [4.78, 5) is 16.6. The summed E-state index contributed by atoms with van der Waals surface area (Å²) in [5, 5.41) is 3.42. The normalized spacial score (nSPS) is 16.7. The van der Waals surface area contributed by atoms with Crippen molar-refractivity contribution in [1.82, 2.24) is 15.1 Å². The maximum Gasteiger partial charge on any atom is 0.324 e. The molecule has 1 aliphatic carbocycles. The number of nitrogens with zero attached hydrogens (tertiary/aromatic N) is 2. The molecule has 1 rings (SSSR count). The second kappa shape index (κ2) is 9.32. The topological polar surface area (TPSA) is 44.8 Å². The van der Waals surface area contributed by atoms with Gasteiger partial charge in [-0.3, -0.25) is 9.69 Å². The van der Waals surface area contributed by atoms with Crippen molar-refractivity contribution >= 4 is 5.97 Å². The van der Waals surface area contributed by atoms with Gasteiger partial charge in [0.1, 0.15) is 6.04 Å². The SMILES string of the molecule is CCCN(CCN(C)C)CC(NC1CC1)C(=O)OCC. The molecule has 1 aliphatic rings. The standard InChI is InChI=1S/C15H31N3O2/c1-5-9-18(11-10-17(3)4)12-14(15(19)20-6-2)16-13-7-8-13/h13-14,16H,5-12H2,1-4H3. The van der Waals surface area contributed by atoms with E-state index < -0.39 is 0 Å². The number of hydrogen-bond donors (Lipinski definition) is 1. The van der Waals surface area contributed by atoms with Crippen LogP contribution in [0.2, 0.25) is 0 Å². The molecule has 0 aliphatic heterocycles. The van der Waals surface area contributed by atoms with E-state index in [-0.39, 0.29) is 12.0 Å². The molecule has 0 spiro atoms. The summed E-state index contributed by atoms with van der Waals surface area (Å²) >= 11 is 0. The third-order valence-corrected chi connectivity index (χ3v) is 3.43. The largest absolute Gasteiger partial charge is 0.465 e. The first-order valence-corrected chi connectivity index (χ1v) is 7.86. The summed E-state index contributed by atoms with van der Waals surface area (Å²) in [5.41, 5.74) is 0. The predicted molar refractivity (Wildman–Crippen MR) is 81.9 cm³/mol. The molecule has 1 saturated carbocycles. The van der Waals surface area contributed by atoms with E-state index in [9.17, 15) is 4.79 Å². The Balaban J connectivity index is 2.50. The third-order valence-electron chi connectivity index (χ3n) is 3.43. The second-order valence-electron chi connectivity index (χ2n) is 5.85. The highest BCUT2D eigenvalue weighted by Gasteiger charge is 2.30. The fourth-order valence-corrected chi connectivity index (χ4v) is 2.18. The van der Waals surface area contributed by atoms with Crippen molar-refractivity contribution in [1.29, 1.82) is 0 Å². The molecule has 0 saturated heterocycles. The summed E-state index contributed by atoms with van der Waals surface area (Å²) in [7, 11) is 4.16. The number of nitrogens with one attached hydrogen (secondary N) is 1. The molecule has 1 atom stereocenters. The monoisotopic (exact) mass is 285 g/mol. The van der Waals surface area contributed by atoms with Gasteiger partial charge in [0, 0.05) is 25.7 Å². The van der Waals surface area contributed by atoms with Gasteiger partial charge in [-0.2, -0.15) is 0 Å². The van der Waals surface area contributed by atoms with Crippen LogP contribution in [0.25, 0.3) is 0 Å². The number of carbonyl (C=O) groups is 1. The zero-order valence-corrected chi connectivity index (χ0v) is 13.5. The van der Waals surface area contributed by atoms with Gasteiger partial charge in [0.25, 0.3) is 0 Å². The molecule has 1 N–H and O–H groups in total. The van der Waals surface area contributed by atoms with E-state index in [1.165, 1.54) is 12.8 Å². The first-order valence-electron chi connectivity index (χ1n) is 7.86. The average Bonchev–Trinajstić information content (AvgIpc) is 3.19. The van der Waals surface area contributed by atoms with Crippen LogP contribution < -0.4 is 5.32 Å². The molecule has 20 heavy (non-hydrogen) atoms. The van der Waals surface area contributed by atoms with Crippen molar-refractivity contribution in [2.75, 3.05) is 46.9 Å². The molecule has 0 bridgehead atoms. The van der Waals surface area contributed by atoms with Gasteiger partial charge in [0.2, 0.25) is 0 Å². The van der Waals surface area contributed by atoms with E-state index in [2.05, 4.69) is 36.1 Å². The van der Waals surface area contributed by atoms with Crippen molar-refractivity contribution in [3.8, 4) is 0 Å². The third kappa shape index (κ3) is 7.22. The van der Waals surface area contributed by atoms with Gasteiger partial charge in [0.15, 0.2) is 0 Å². The van der Waals surface area contributed by atoms with Crippen molar-refractivity contribution in [2.24, 2.45) is 0 Å². The Labute approximate surface area is 123 Å². The smallest absolute Gasteiger partial charge is 0.324 e. The quantitative estimate of drug-likeness (QED) is 0.573. The molecule has 0 heterocycles. The van der Waals surface area contributed by atoms with Gasteiger partial charge in [-0.1, -0.05) is 6.92 Å². The van der Waals surface area contributed by atoms with Gasteiger partial charge in [-0.25, -0.2) is 0 Å². The fraction of sp³-hybridized carbons (Fsp3) is 0.933. The van der Waals surface area contributed by atoms with Gasteiger partial charge >= 0.3 is 5.97 Å². The maximum absolute atomic E-state index is 12.1. The number of likely N-dealkylation sites (N-methyl/N-ethyl adjacent to an activating group) is 1. The number of rotatable bonds is 11. The molecule has 5 nitrogen and oxygen atoms in total. The Morgan fingerprint density at radius 2 is 1.95 bits per heavy atom. The first-order chi connectivity index (χ1) is 9.56. The summed E-state index contributed by atoms with van der Waals surface area (Å²) in [5.74, 6) is -0.106. The van der Waals surface area contributed by atoms with E-state index in [1.54, 1.807) is 0 Å². The second-order valence-corrected chi connectivity index (χ2v) is 5.85. The molecule has 1 fully saturated rings. The number of hydrogen-bond acceptors (Lipinski definition) is 5. The van der Waals surface area contributed by atoms with E-state index >= 15 is 0 Å². The summed E-state index contributed by atoms with van der Waals surface area (Å²) in [6.45, 7) is 8.26. The lowest BCUT2D eigenvalue weighted by Gasteiger charge is -2.28. The molecule has 1 unspecified atom stereocenters. The Bertz CT molecular complexity index is 280. The number of esters is 1. The molecule has 5 heteroatoms. The minimum Gasteiger partial charge on any atom is -0.465 e. The minimum atomic E-state index is -0.184. The molecule has 0 radical (unpaired) electrons. The van der Waals surface area contributed by atoms with E-state index in [0.29, 0.717) is 12.6 Å². The molecule has 0 aromatic heterocycles. The lowest BCUT2D eigenvalue weighted by molar-refractivity contribution is -0.146. The molecular weight excluding hydrogens is 254 g/mol. The van der Waals surface area contributed by atoms with E-state index in [4.69, 9.17) is 4.74 Å². The summed E-state index contributed by atoms with van der Waals surface area (Å²) in [6.07, 6.45) is 3.47. The van der Waals surface area contributed by atoms with E-state index in [1.807, 2.05) is 6.92 Å². The minimum absolute atomic E-state index is 0.106. The molecular formula is C15H31N3O2. The lowest BCUT2D eigenvalue weighted by atomic mass is 10.2. The zero-order chi connectivity index (χ0) is 15.0. The van der Waals surface area contributed by atoms with Crippen molar-refractivity contribution in [2.45, 2.75) is 45.2 Å². The van der Waals surface area contributed by atoms with E-state index in [0.717, 1.165) is 32.6 Å². The molecule has 118 valence electrons. The van der Waals surface area contributed by atoms with Crippen LogP contribution in [-0.4, -0.2) is 74.7 Å². The lowest BCUT2D eigenvalue weighted by Crippen LogP contribution is -2.49. The Morgan fingerprint density at radius 3 is 2.45 bits per heavy atom. The van der Waals surface area contributed by atoms with Crippen LogP contribution in [0.1, 0.15) is 33.1 Å². The summed E-state index contributed by atoms with van der Waals surface area (Å²) in [6, 6.07) is 0.331. The zero-order valence-electron chi connectivity index (χ0n) is 13.5. The van der Waals surface area contributed by atoms with Crippen LogP contribution in [0.4, 0.5) is 0 Å². The molecule has 0 aromatic carbocycles. The van der Waals surface area contributed by atoms with Gasteiger partial charge in [-0.05, 0) is 46.8 Å². The maximum atomic E-state index is 12.1.